The van der Waals surface area contributed by atoms with E-state index in [-0.39, 0.29) is 30.1 Å². The number of nitrogens with one attached hydrogen (secondary N) is 2. The maximum Gasteiger partial charge on any atom is 0.293 e. The molecule has 0 aliphatic rings. The topological polar surface area (TPSA) is 84.2 Å². The Hall–Kier alpha value is -3.38. The second-order valence-electron chi connectivity index (χ2n) is 6.23. The molecule has 0 fully saturated rings. The number of fused-ring (bicyclic) bond motifs is 2. The summed E-state index contributed by atoms with van der Waals surface area (Å²) in [6.45, 7) is 0.213. The van der Waals surface area contributed by atoms with Crippen LogP contribution in [0.2, 0.25) is 5.35 Å². The SMILES string of the molecule is O=C(CCNC(=O)c1ccc2nc(Cl)oc2c1)Nc1cccc2ccccc12. The molecule has 4 aromatic rings. The maximum absolute atomic E-state index is 12.3. The normalized spacial score (nSPS) is 10.9. The van der Waals surface area contributed by atoms with Gasteiger partial charge in [-0.05, 0) is 41.3 Å². The quantitative estimate of drug-likeness (QED) is 0.526. The maximum atomic E-state index is 12.3. The number of halogens is 1. The second-order valence-corrected chi connectivity index (χ2v) is 6.55. The predicted octanol–water partition coefficient (Wildman–Crippen LogP) is 4.39. The Morgan fingerprint density at radius 2 is 1.86 bits per heavy atom. The van der Waals surface area contributed by atoms with Gasteiger partial charge in [0.2, 0.25) is 5.91 Å². The molecular weight excluding hydrogens is 378 g/mol. The van der Waals surface area contributed by atoms with E-state index in [4.69, 9.17) is 16.0 Å². The van der Waals surface area contributed by atoms with Gasteiger partial charge in [0.25, 0.3) is 11.3 Å². The van der Waals surface area contributed by atoms with Crippen LogP contribution in [0.4, 0.5) is 5.69 Å². The van der Waals surface area contributed by atoms with Crippen molar-refractivity contribution >= 4 is 51.0 Å². The number of benzene rings is 3. The highest BCUT2D eigenvalue weighted by atomic mass is 35.5. The van der Waals surface area contributed by atoms with Gasteiger partial charge in [-0.2, -0.15) is 4.98 Å². The van der Waals surface area contributed by atoms with Gasteiger partial charge >= 0.3 is 0 Å². The highest BCUT2D eigenvalue weighted by molar-refractivity contribution is 6.28. The van der Waals surface area contributed by atoms with Crippen LogP contribution in [0.15, 0.2) is 65.1 Å². The Bertz CT molecular complexity index is 1180. The molecule has 0 spiro atoms. The van der Waals surface area contributed by atoms with Gasteiger partial charge in [-0.15, -0.1) is 0 Å². The minimum Gasteiger partial charge on any atom is -0.428 e. The highest BCUT2D eigenvalue weighted by Gasteiger charge is 2.11. The first kappa shape index (κ1) is 18.0. The van der Waals surface area contributed by atoms with Gasteiger partial charge in [-0.3, -0.25) is 9.59 Å². The molecule has 0 radical (unpaired) electrons. The molecule has 0 atom stereocenters. The molecule has 0 aliphatic carbocycles. The Morgan fingerprint density at radius 1 is 1.04 bits per heavy atom. The number of hydrogen-bond donors (Lipinski definition) is 2. The van der Waals surface area contributed by atoms with E-state index in [0.29, 0.717) is 16.7 Å². The molecular formula is C21H16ClN3O3. The number of anilines is 1. The minimum atomic E-state index is -0.299. The first-order valence-corrected chi connectivity index (χ1v) is 9.10. The summed E-state index contributed by atoms with van der Waals surface area (Å²) in [6, 6.07) is 18.4. The van der Waals surface area contributed by atoms with E-state index in [1.54, 1.807) is 18.2 Å². The van der Waals surface area contributed by atoms with Gasteiger partial charge in [-0.25, -0.2) is 0 Å². The van der Waals surface area contributed by atoms with E-state index < -0.39 is 0 Å². The summed E-state index contributed by atoms with van der Waals surface area (Å²) in [5.41, 5.74) is 2.18. The Morgan fingerprint density at radius 3 is 2.75 bits per heavy atom. The summed E-state index contributed by atoms with van der Waals surface area (Å²) < 4.78 is 5.21. The Balaban J connectivity index is 1.34. The summed E-state index contributed by atoms with van der Waals surface area (Å²) in [6.07, 6.45) is 0.158. The third kappa shape index (κ3) is 3.82. The van der Waals surface area contributed by atoms with Crippen molar-refractivity contribution in [1.82, 2.24) is 10.3 Å². The molecule has 2 N–H and O–H groups in total. The van der Waals surface area contributed by atoms with Crippen molar-refractivity contribution in [2.24, 2.45) is 0 Å². The molecule has 2 amide bonds. The van der Waals surface area contributed by atoms with Gasteiger partial charge in [0, 0.05) is 29.6 Å². The van der Waals surface area contributed by atoms with Crippen molar-refractivity contribution in [2.75, 3.05) is 11.9 Å². The molecule has 1 aromatic heterocycles. The van der Waals surface area contributed by atoms with E-state index >= 15 is 0 Å². The van der Waals surface area contributed by atoms with E-state index in [1.165, 1.54) is 0 Å². The fraction of sp³-hybridized carbons (Fsp3) is 0.0952. The Labute approximate surface area is 165 Å². The number of hydrogen-bond acceptors (Lipinski definition) is 4. The van der Waals surface area contributed by atoms with Gasteiger partial charge < -0.3 is 15.1 Å². The van der Waals surface area contributed by atoms with E-state index in [2.05, 4.69) is 15.6 Å². The van der Waals surface area contributed by atoms with Crippen LogP contribution in [0.1, 0.15) is 16.8 Å². The molecule has 0 saturated carbocycles. The highest BCUT2D eigenvalue weighted by Crippen LogP contribution is 2.23. The standard InChI is InChI=1S/C21H16ClN3O3/c22-21-25-17-9-8-14(12-18(17)28-21)20(27)23-11-10-19(26)24-16-7-3-5-13-4-1-2-6-15(13)16/h1-9,12H,10-11H2,(H,23,27)(H,24,26). The van der Waals surface area contributed by atoms with Gasteiger partial charge in [0.1, 0.15) is 5.52 Å². The second kappa shape index (κ2) is 7.70. The van der Waals surface area contributed by atoms with Crippen LogP contribution in [0.5, 0.6) is 0 Å². The average molecular weight is 394 g/mol. The lowest BCUT2D eigenvalue weighted by Crippen LogP contribution is -2.27. The van der Waals surface area contributed by atoms with E-state index in [1.807, 2.05) is 42.5 Å². The lowest BCUT2D eigenvalue weighted by molar-refractivity contribution is -0.116. The lowest BCUT2D eigenvalue weighted by Gasteiger charge is -2.09. The molecule has 0 unspecified atom stereocenters. The van der Waals surface area contributed by atoms with Crippen LogP contribution in [0, 0.1) is 0 Å². The molecule has 28 heavy (non-hydrogen) atoms. The smallest absolute Gasteiger partial charge is 0.293 e. The van der Waals surface area contributed by atoms with Crippen LogP contribution < -0.4 is 10.6 Å². The molecule has 0 saturated heterocycles. The third-order valence-corrected chi connectivity index (χ3v) is 4.49. The van der Waals surface area contributed by atoms with Crippen molar-refractivity contribution in [3.63, 3.8) is 0 Å². The van der Waals surface area contributed by atoms with Gasteiger partial charge in [-0.1, -0.05) is 36.4 Å². The molecule has 7 heteroatoms. The largest absolute Gasteiger partial charge is 0.428 e. The molecule has 140 valence electrons. The first-order chi connectivity index (χ1) is 13.6. The molecule has 1 heterocycles. The fourth-order valence-electron chi connectivity index (χ4n) is 2.98. The summed E-state index contributed by atoms with van der Waals surface area (Å²) >= 11 is 5.71. The molecule has 0 bridgehead atoms. The monoisotopic (exact) mass is 393 g/mol. The van der Waals surface area contributed by atoms with E-state index in [9.17, 15) is 9.59 Å². The number of carbonyl (C=O) groups excluding carboxylic acids is 2. The van der Waals surface area contributed by atoms with Gasteiger partial charge in [0.15, 0.2) is 5.58 Å². The summed E-state index contributed by atoms with van der Waals surface area (Å²) in [5.74, 6) is -0.471. The summed E-state index contributed by atoms with van der Waals surface area (Å²) in [4.78, 5) is 28.5. The van der Waals surface area contributed by atoms with Crippen LogP contribution in [0.25, 0.3) is 21.9 Å². The minimum absolute atomic E-state index is 0.0256. The van der Waals surface area contributed by atoms with Crippen molar-refractivity contribution < 1.29 is 14.0 Å². The number of rotatable bonds is 5. The fourth-order valence-corrected chi connectivity index (χ4v) is 3.15. The first-order valence-electron chi connectivity index (χ1n) is 8.72. The zero-order valence-corrected chi connectivity index (χ0v) is 15.5. The summed E-state index contributed by atoms with van der Waals surface area (Å²) in [5, 5.41) is 7.68. The zero-order chi connectivity index (χ0) is 19.5. The summed E-state index contributed by atoms with van der Waals surface area (Å²) in [7, 11) is 0. The van der Waals surface area contributed by atoms with Crippen LogP contribution in [-0.2, 0) is 4.79 Å². The number of carbonyl (C=O) groups is 2. The molecule has 3 aromatic carbocycles. The average Bonchev–Trinajstić information content (AvgIpc) is 3.07. The van der Waals surface area contributed by atoms with Crippen LogP contribution >= 0.6 is 11.6 Å². The van der Waals surface area contributed by atoms with Crippen LogP contribution in [0.3, 0.4) is 0 Å². The van der Waals surface area contributed by atoms with Gasteiger partial charge in [0.05, 0.1) is 0 Å². The van der Waals surface area contributed by atoms with E-state index in [0.717, 1.165) is 16.5 Å². The molecule has 6 nitrogen and oxygen atoms in total. The number of nitrogens with zero attached hydrogens (tertiary/aromatic N) is 1. The molecule has 0 aliphatic heterocycles. The number of amides is 2. The predicted molar refractivity (Wildman–Crippen MR) is 109 cm³/mol. The lowest BCUT2D eigenvalue weighted by atomic mass is 10.1. The van der Waals surface area contributed by atoms with Crippen LogP contribution in [-0.4, -0.2) is 23.3 Å². The third-order valence-electron chi connectivity index (χ3n) is 4.33. The van der Waals surface area contributed by atoms with Crippen molar-refractivity contribution in [2.45, 2.75) is 6.42 Å². The number of aromatic nitrogens is 1. The molecule has 4 rings (SSSR count). The Kier molecular flexibility index (Phi) is 4.95. The van der Waals surface area contributed by atoms with Crippen molar-refractivity contribution in [3.8, 4) is 0 Å². The number of oxazole rings is 1. The van der Waals surface area contributed by atoms with Crippen molar-refractivity contribution in [1.29, 1.82) is 0 Å². The zero-order valence-electron chi connectivity index (χ0n) is 14.7. The van der Waals surface area contributed by atoms with Crippen molar-refractivity contribution in [3.05, 3.63) is 71.6 Å².